The van der Waals surface area contributed by atoms with Gasteiger partial charge in [-0.2, -0.15) is 18.3 Å². The first-order chi connectivity index (χ1) is 13.9. The van der Waals surface area contributed by atoms with Crippen molar-refractivity contribution in [3.8, 4) is 16.9 Å². The van der Waals surface area contributed by atoms with Crippen molar-refractivity contribution in [2.24, 2.45) is 5.92 Å². The minimum Gasteiger partial charge on any atom is -0.381 e. The number of carbonyl (C=O) groups excluding carboxylic acids is 1. The number of carbonyl (C=O) groups is 1. The van der Waals surface area contributed by atoms with Crippen molar-refractivity contribution >= 4 is 11.7 Å². The van der Waals surface area contributed by atoms with Crippen molar-refractivity contribution in [3.05, 3.63) is 54.6 Å². The monoisotopic (exact) mass is 403 g/mol. The molecule has 1 aliphatic heterocycles. The van der Waals surface area contributed by atoms with Gasteiger partial charge in [-0.3, -0.25) is 9.78 Å². The minimum absolute atomic E-state index is 0.120. The van der Waals surface area contributed by atoms with Crippen molar-refractivity contribution < 1.29 is 22.7 Å². The molecular formula is C19H16F3N5O2. The predicted molar refractivity (Wildman–Crippen MR) is 97.1 cm³/mol. The Bertz CT molecular complexity index is 997. The summed E-state index contributed by atoms with van der Waals surface area (Å²) in [4.78, 5) is 20.1. The van der Waals surface area contributed by atoms with Gasteiger partial charge in [0.15, 0.2) is 0 Å². The molecule has 0 aliphatic carbocycles. The molecule has 4 rings (SSSR count). The number of hydrogen-bond acceptors (Lipinski definition) is 5. The van der Waals surface area contributed by atoms with Crippen molar-refractivity contribution in [1.29, 1.82) is 0 Å². The van der Waals surface area contributed by atoms with Crippen LogP contribution in [0.2, 0.25) is 0 Å². The Morgan fingerprint density at radius 2 is 2.10 bits per heavy atom. The van der Waals surface area contributed by atoms with Crippen LogP contribution in [0.15, 0.2) is 48.9 Å². The van der Waals surface area contributed by atoms with Gasteiger partial charge < -0.3 is 10.1 Å². The third kappa shape index (κ3) is 4.11. The van der Waals surface area contributed by atoms with Crippen LogP contribution >= 0.6 is 0 Å². The lowest BCUT2D eigenvalue weighted by molar-refractivity contribution is -0.142. The molecule has 1 unspecified atom stereocenters. The highest BCUT2D eigenvalue weighted by molar-refractivity contribution is 5.91. The highest BCUT2D eigenvalue weighted by atomic mass is 19.4. The van der Waals surface area contributed by atoms with E-state index in [2.05, 4.69) is 20.4 Å². The summed E-state index contributed by atoms with van der Waals surface area (Å²) in [6.45, 7) is 0.881. The lowest BCUT2D eigenvalue weighted by atomic mass is 10.1. The summed E-state index contributed by atoms with van der Waals surface area (Å²) in [5, 5.41) is 6.73. The van der Waals surface area contributed by atoms with E-state index in [0.29, 0.717) is 25.2 Å². The van der Waals surface area contributed by atoms with E-state index in [-0.39, 0.29) is 29.0 Å². The van der Waals surface area contributed by atoms with Gasteiger partial charge in [0, 0.05) is 24.6 Å². The fourth-order valence-electron chi connectivity index (χ4n) is 2.99. The SMILES string of the molecule is O=C(Nc1ccc(-n2nc(-c3cccnc3)cc2C(F)(F)F)cn1)C1CCOC1. The fraction of sp³-hybridized carbons (Fsp3) is 0.263. The first-order valence-corrected chi connectivity index (χ1v) is 8.84. The molecule has 0 bridgehead atoms. The Hall–Kier alpha value is -3.27. The van der Waals surface area contributed by atoms with Gasteiger partial charge in [-0.25, -0.2) is 9.67 Å². The van der Waals surface area contributed by atoms with Gasteiger partial charge in [-0.1, -0.05) is 0 Å². The summed E-state index contributed by atoms with van der Waals surface area (Å²) in [5.41, 5.74) is -0.205. The van der Waals surface area contributed by atoms with Crippen LogP contribution in [0.4, 0.5) is 19.0 Å². The molecule has 10 heteroatoms. The van der Waals surface area contributed by atoms with Crippen LogP contribution in [-0.4, -0.2) is 38.9 Å². The third-order valence-corrected chi connectivity index (χ3v) is 4.50. The molecule has 0 saturated carbocycles. The number of rotatable bonds is 4. The number of anilines is 1. The second-order valence-electron chi connectivity index (χ2n) is 6.52. The van der Waals surface area contributed by atoms with E-state index in [1.54, 1.807) is 12.1 Å². The van der Waals surface area contributed by atoms with Gasteiger partial charge >= 0.3 is 6.18 Å². The van der Waals surface area contributed by atoms with E-state index in [9.17, 15) is 18.0 Å². The van der Waals surface area contributed by atoms with Crippen molar-refractivity contribution in [1.82, 2.24) is 19.7 Å². The number of amides is 1. The van der Waals surface area contributed by atoms with Crippen molar-refractivity contribution in [2.45, 2.75) is 12.6 Å². The molecular weight excluding hydrogens is 387 g/mol. The molecule has 1 amide bonds. The van der Waals surface area contributed by atoms with Gasteiger partial charge in [-0.05, 0) is 36.8 Å². The molecule has 3 aromatic heterocycles. The largest absolute Gasteiger partial charge is 0.433 e. The molecule has 1 saturated heterocycles. The number of pyridine rings is 2. The van der Waals surface area contributed by atoms with E-state index in [4.69, 9.17) is 4.74 Å². The third-order valence-electron chi connectivity index (χ3n) is 4.50. The van der Waals surface area contributed by atoms with Crippen molar-refractivity contribution in [3.63, 3.8) is 0 Å². The van der Waals surface area contributed by atoms with Gasteiger partial charge in [0.25, 0.3) is 0 Å². The summed E-state index contributed by atoms with van der Waals surface area (Å²) >= 11 is 0. The van der Waals surface area contributed by atoms with Crippen LogP contribution in [0.3, 0.4) is 0 Å². The zero-order chi connectivity index (χ0) is 20.4. The normalized spacial score (nSPS) is 16.7. The average Bonchev–Trinajstić information content (AvgIpc) is 3.39. The average molecular weight is 403 g/mol. The van der Waals surface area contributed by atoms with Gasteiger partial charge in [-0.15, -0.1) is 0 Å². The molecule has 1 atom stereocenters. The molecule has 0 radical (unpaired) electrons. The second-order valence-corrected chi connectivity index (χ2v) is 6.52. The van der Waals surface area contributed by atoms with E-state index in [1.165, 1.54) is 30.7 Å². The van der Waals surface area contributed by atoms with Gasteiger partial charge in [0.05, 0.1) is 30.1 Å². The molecule has 0 spiro atoms. The van der Waals surface area contributed by atoms with Gasteiger partial charge in [0.2, 0.25) is 5.91 Å². The van der Waals surface area contributed by atoms with E-state index in [0.717, 1.165) is 10.7 Å². The standard InChI is InChI=1S/C19H16F3N5O2/c20-19(21,22)16-8-15(12-2-1-6-23-9-12)26-27(16)14-3-4-17(24-10-14)25-18(28)13-5-7-29-11-13/h1-4,6,8-10,13H,5,7,11H2,(H,24,25,28). The molecule has 0 aromatic carbocycles. The number of alkyl halides is 3. The maximum Gasteiger partial charge on any atom is 0.433 e. The van der Waals surface area contributed by atoms with E-state index < -0.39 is 11.9 Å². The molecule has 1 aliphatic rings. The molecule has 7 nitrogen and oxygen atoms in total. The quantitative estimate of drug-likeness (QED) is 0.723. The molecule has 3 aromatic rings. The number of nitrogens with zero attached hydrogens (tertiary/aromatic N) is 4. The van der Waals surface area contributed by atoms with Crippen LogP contribution in [0.25, 0.3) is 16.9 Å². The zero-order valence-electron chi connectivity index (χ0n) is 15.1. The first-order valence-electron chi connectivity index (χ1n) is 8.84. The summed E-state index contributed by atoms with van der Waals surface area (Å²) in [6.07, 6.45) is 0.221. The number of aromatic nitrogens is 4. The highest BCUT2D eigenvalue weighted by Crippen LogP contribution is 2.34. The topological polar surface area (TPSA) is 81.9 Å². The van der Waals surface area contributed by atoms with E-state index >= 15 is 0 Å². The Balaban J connectivity index is 1.62. The first kappa shape index (κ1) is 19.1. The summed E-state index contributed by atoms with van der Waals surface area (Å²) < 4.78 is 46.5. The molecule has 1 fully saturated rings. The summed E-state index contributed by atoms with van der Waals surface area (Å²) in [7, 11) is 0. The zero-order valence-corrected chi connectivity index (χ0v) is 15.1. The van der Waals surface area contributed by atoms with Crippen molar-refractivity contribution in [2.75, 3.05) is 18.5 Å². The fourth-order valence-corrected chi connectivity index (χ4v) is 2.99. The van der Waals surface area contributed by atoms with Crippen LogP contribution in [0, 0.1) is 5.92 Å². The molecule has 150 valence electrons. The highest BCUT2D eigenvalue weighted by Gasteiger charge is 2.36. The number of nitrogens with one attached hydrogen (secondary N) is 1. The maximum atomic E-state index is 13.5. The molecule has 1 N–H and O–H groups in total. The Morgan fingerprint density at radius 3 is 2.72 bits per heavy atom. The second kappa shape index (κ2) is 7.63. The van der Waals surface area contributed by atoms with E-state index in [1.807, 2.05) is 0 Å². The smallest absolute Gasteiger partial charge is 0.381 e. The molecule has 29 heavy (non-hydrogen) atoms. The number of halogens is 3. The van der Waals surface area contributed by atoms with Gasteiger partial charge in [0.1, 0.15) is 11.5 Å². The summed E-state index contributed by atoms with van der Waals surface area (Å²) in [6, 6.07) is 7.07. The Labute approximate surface area is 163 Å². The Kier molecular flexibility index (Phi) is 5.01. The van der Waals surface area contributed by atoms with Crippen LogP contribution in [-0.2, 0) is 15.7 Å². The number of ether oxygens (including phenoxy) is 1. The van der Waals surface area contributed by atoms with Crippen LogP contribution in [0.5, 0.6) is 0 Å². The Morgan fingerprint density at radius 1 is 1.24 bits per heavy atom. The maximum absolute atomic E-state index is 13.5. The summed E-state index contributed by atoms with van der Waals surface area (Å²) in [5.74, 6) is -0.225. The molecule has 4 heterocycles. The number of hydrogen-bond donors (Lipinski definition) is 1. The minimum atomic E-state index is -4.61. The lowest BCUT2D eigenvalue weighted by Gasteiger charge is -2.11. The van der Waals surface area contributed by atoms with Crippen LogP contribution in [0.1, 0.15) is 12.1 Å². The van der Waals surface area contributed by atoms with Crippen LogP contribution < -0.4 is 5.32 Å². The predicted octanol–water partition coefficient (Wildman–Crippen LogP) is 3.32. The lowest BCUT2D eigenvalue weighted by Crippen LogP contribution is -2.23.